The van der Waals surface area contributed by atoms with E-state index < -0.39 is 10.0 Å². The third-order valence-corrected chi connectivity index (χ3v) is 4.54. The summed E-state index contributed by atoms with van der Waals surface area (Å²) in [6.45, 7) is 0. The number of sulfonamides is 1. The van der Waals surface area contributed by atoms with E-state index in [1.165, 1.54) is 5.56 Å². The molecule has 3 rings (SSSR count). The fourth-order valence-electron chi connectivity index (χ4n) is 2.55. The Bertz CT molecular complexity index is 807. The van der Waals surface area contributed by atoms with Gasteiger partial charge in [0, 0.05) is 17.0 Å². The highest BCUT2D eigenvalue weighted by Crippen LogP contribution is 2.39. The second-order valence-corrected chi connectivity index (χ2v) is 7.92. The molecule has 0 aliphatic heterocycles. The van der Waals surface area contributed by atoms with Crippen LogP contribution in [0.1, 0.15) is 17.9 Å². The fraction of sp³-hybridized carbons (Fsp3) is 0.250. The van der Waals surface area contributed by atoms with Gasteiger partial charge in [-0.2, -0.15) is 0 Å². The van der Waals surface area contributed by atoms with Gasteiger partial charge < -0.3 is 5.73 Å². The van der Waals surface area contributed by atoms with Crippen LogP contribution in [0.25, 0.3) is 11.1 Å². The molecule has 0 aromatic heterocycles. The largest absolute Gasteiger partial charge is 0.327 e. The SMILES string of the molecule is CS(=O)(=O)Nc1cc(Cl)cc(-c2ccc([C@H]3C[C@@H]3N)cc2)c1.Cl. The average Bonchev–Trinajstić information content (AvgIpc) is 3.13. The molecule has 1 aliphatic carbocycles. The topological polar surface area (TPSA) is 72.2 Å². The summed E-state index contributed by atoms with van der Waals surface area (Å²) in [6, 6.07) is 13.6. The second kappa shape index (κ2) is 6.69. The van der Waals surface area contributed by atoms with Gasteiger partial charge in [0.05, 0.1) is 11.9 Å². The molecule has 0 spiro atoms. The zero-order valence-electron chi connectivity index (χ0n) is 12.5. The first-order valence-corrected chi connectivity index (χ1v) is 9.23. The summed E-state index contributed by atoms with van der Waals surface area (Å²) in [5.74, 6) is 0.468. The van der Waals surface area contributed by atoms with E-state index in [2.05, 4.69) is 16.9 Å². The molecule has 0 saturated heterocycles. The fourth-order valence-corrected chi connectivity index (χ4v) is 3.33. The molecule has 1 fully saturated rings. The predicted molar refractivity (Wildman–Crippen MR) is 97.9 cm³/mol. The summed E-state index contributed by atoms with van der Waals surface area (Å²) in [5, 5.41) is 0.483. The second-order valence-electron chi connectivity index (χ2n) is 5.73. The smallest absolute Gasteiger partial charge is 0.229 e. The van der Waals surface area contributed by atoms with Crippen LogP contribution in [0.3, 0.4) is 0 Å². The van der Waals surface area contributed by atoms with Crippen molar-refractivity contribution in [3.63, 3.8) is 0 Å². The maximum absolute atomic E-state index is 11.4. The van der Waals surface area contributed by atoms with Gasteiger partial charge in [-0.1, -0.05) is 35.9 Å². The molecule has 4 nitrogen and oxygen atoms in total. The molecule has 1 saturated carbocycles. The van der Waals surface area contributed by atoms with E-state index in [1.54, 1.807) is 12.1 Å². The predicted octanol–water partition coefficient (Wildman–Crippen LogP) is 3.61. The Hall–Kier alpha value is -1.27. The number of hydrogen-bond acceptors (Lipinski definition) is 3. The van der Waals surface area contributed by atoms with E-state index in [1.807, 2.05) is 18.2 Å². The lowest BCUT2D eigenvalue weighted by molar-refractivity contribution is 0.607. The van der Waals surface area contributed by atoms with Crippen molar-refractivity contribution in [1.29, 1.82) is 0 Å². The van der Waals surface area contributed by atoms with Gasteiger partial charge in [-0.25, -0.2) is 8.42 Å². The highest BCUT2D eigenvalue weighted by atomic mass is 35.5. The molecular formula is C16H18Cl2N2O2S. The van der Waals surface area contributed by atoms with Crippen molar-refractivity contribution >= 4 is 39.7 Å². The van der Waals surface area contributed by atoms with Crippen molar-refractivity contribution < 1.29 is 8.42 Å². The van der Waals surface area contributed by atoms with Crippen molar-refractivity contribution in [2.75, 3.05) is 11.0 Å². The number of nitrogens with one attached hydrogen (secondary N) is 1. The highest BCUT2D eigenvalue weighted by Gasteiger charge is 2.34. The van der Waals surface area contributed by atoms with E-state index >= 15 is 0 Å². The van der Waals surface area contributed by atoms with Crippen molar-refractivity contribution in [1.82, 2.24) is 0 Å². The Morgan fingerprint density at radius 3 is 2.26 bits per heavy atom. The zero-order chi connectivity index (χ0) is 15.9. The first-order valence-electron chi connectivity index (χ1n) is 6.96. The lowest BCUT2D eigenvalue weighted by atomic mass is 10.0. The molecular weight excluding hydrogens is 355 g/mol. The minimum absolute atomic E-state index is 0. The van der Waals surface area contributed by atoms with E-state index in [9.17, 15) is 8.42 Å². The summed E-state index contributed by atoms with van der Waals surface area (Å²) >= 11 is 6.09. The summed E-state index contributed by atoms with van der Waals surface area (Å²) in [5.41, 5.74) is 9.41. The Kier molecular flexibility index (Phi) is 5.26. The molecule has 124 valence electrons. The molecule has 0 amide bonds. The third kappa shape index (κ3) is 4.61. The lowest BCUT2D eigenvalue weighted by Gasteiger charge is -2.09. The Morgan fingerprint density at radius 1 is 1.13 bits per heavy atom. The van der Waals surface area contributed by atoms with Gasteiger partial charge in [0.15, 0.2) is 0 Å². The van der Waals surface area contributed by atoms with Crippen LogP contribution in [-0.2, 0) is 10.0 Å². The van der Waals surface area contributed by atoms with Gasteiger partial charge in [0.1, 0.15) is 0 Å². The van der Waals surface area contributed by atoms with Crippen molar-refractivity contribution in [2.24, 2.45) is 5.73 Å². The Morgan fingerprint density at radius 2 is 1.74 bits per heavy atom. The zero-order valence-corrected chi connectivity index (χ0v) is 14.9. The first kappa shape index (κ1) is 18.1. The highest BCUT2D eigenvalue weighted by molar-refractivity contribution is 7.92. The molecule has 0 radical (unpaired) electrons. The molecule has 3 N–H and O–H groups in total. The summed E-state index contributed by atoms with van der Waals surface area (Å²) < 4.78 is 25.2. The monoisotopic (exact) mass is 372 g/mol. The van der Waals surface area contributed by atoms with E-state index in [0.717, 1.165) is 23.8 Å². The van der Waals surface area contributed by atoms with Crippen LogP contribution in [-0.4, -0.2) is 20.7 Å². The van der Waals surface area contributed by atoms with Crippen LogP contribution in [0, 0.1) is 0 Å². The summed E-state index contributed by atoms with van der Waals surface area (Å²) in [4.78, 5) is 0. The van der Waals surface area contributed by atoms with Gasteiger partial charge in [0.2, 0.25) is 10.0 Å². The van der Waals surface area contributed by atoms with Crippen LogP contribution in [0.15, 0.2) is 42.5 Å². The quantitative estimate of drug-likeness (QED) is 0.860. The molecule has 2 atom stereocenters. The van der Waals surface area contributed by atoms with Gasteiger partial charge in [0.25, 0.3) is 0 Å². The number of rotatable bonds is 4. The molecule has 23 heavy (non-hydrogen) atoms. The third-order valence-electron chi connectivity index (χ3n) is 3.71. The van der Waals surface area contributed by atoms with E-state index in [4.69, 9.17) is 17.3 Å². The minimum atomic E-state index is -3.33. The molecule has 1 aliphatic rings. The lowest BCUT2D eigenvalue weighted by Crippen LogP contribution is -2.09. The van der Waals surface area contributed by atoms with Crippen LogP contribution in [0.4, 0.5) is 5.69 Å². The van der Waals surface area contributed by atoms with Crippen LogP contribution in [0.2, 0.25) is 5.02 Å². The maximum Gasteiger partial charge on any atom is 0.229 e. The minimum Gasteiger partial charge on any atom is -0.327 e. The number of halogens is 2. The average molecular weight is 373 g/mol. The Labute approximate surface area is 147 Å². The number of hydrogen-bond donors (Lipinski definition) is 2. The van der Waals surface area contributed by atoms with Crippen molar-refractivity contribution in [3.8, 4) is 11.1 Å². The van der Waals surface area contributed by atoms with Crippen LogP contribution in [0.5, 0.6) is 0 Å². The van der Waals surface area contributed by atoms with Crippen LogP contribution >= 0.6 is 24.0 Å². The normalized spacial score (nSPS) is 19.8. The van der Waals surface area contributed by atoms with E-state index in [0.29, 0.717) is 16.6 Å². The number of anilines is 1. The molecule has 0 heterocycles. The van der Waals surface area contributed by atoms with Crippen molar-refractivity contribution in [3.05, 3.63) is 53.1 Å². The van der Waals surface area contributed by atoms with Gasteiger partial charge in [-0.05, 0) is 41.3 Å². The molecule has 2 aromatic carbocycles. The van der Waals surface area contributed by atoms with Gasteiger partial charge in [-0.15, -0.1) is 12.4 Å². The molecule has 0 bridgehead atoms. The number of nitrogens with two attached hydrogens (primary N) is 1. The Balaban J connectivity index is 0.00000192. The standard InChI is InChI=1S/C16H17ClN2O2S.ClH/c1-22(20,21)19-14-7-12(6-13(17)8-14)10-2-4-11(5-3-10)15-9-16(15)18;/h2-8,15-16,19H,9,18H2,1H3;1H/t15-,16+;/m1./s1. The first-order chi connectivity index (χ1) is 10.3. The van der Waals surface area contributed by atoms with Gasteiger partial charge in [-0.3, -0.25) is 4.72 Å². The molecule has 7 heteroatoms. The van der Waals surface area contributed by atoms with E-state index in [-0.39, 0.29) is 18.4 Å². The molecule has 2 aromatic rings. The van der Waals surface area contributed by atoms with Crippen LogP contribution < -0.4 is 10.5 Å². The van der Waals surface area contributed by atoms with Gasteiger partial charge >= 0.3 is 0 Å². The summed E-state index contributed by atoms with van der Waals surface area (Å²) in [6.07, 6.45) is 2.15. The maximum atomic E-state index is 11.4. The van der Waals surface area contributed by atoms with Crippen molar-refractivity contribution in [2.45, 2.75) is 18.4 Å². The summed E-state index contributed by atoms with van der Waals surface area (Å²) in [7, 11) is -3.33. The molecule has 0 unspecified atom stereocenters. The number of benzene rings is 2.